The summed E-state index contributed by atoms with van der Waals surface area (Å²) >= 11 is 1.79. The number of fused-ring (bicyclic) bond motifs is 3. The molecule has 6 rings (SSSR count). The maximum Gasteiger partial charge on any atom is 0.306 e. The van der Waals surface area contributed by atoms with Gasteiger partial charge in [0.25, 0.3) is 0 Å². The minimum atomic E-state index is -0.191. The Morgan fingerprint density at radius 3 is 2.90 bits per heavy atom. The summed E-state index contributed by atoms with van der Waals surface area (Å²) in [6, 6.07) is 15.3. The summed E-state index contributed by atoms with van der Waals surface area (Å²) in [6.45, 7) is 9.32. The third-order valence-electron chi connectivity index (χ3n) is 8.54. The second kappa shape index (κ2) is 11.7. The molecule has 8 heteroatoms. The van der Waals surface area contributed by atoms with Gasteiger partial charge in [-0.05, 0) is 89.0 Å². The van der Waals surface area contributed by atoms with Crippen LogP contribution in [0, 0.1) is 12.8 Å². The number of ether oxygens (including phenoxy) is 1. The third-order valence-corrected chi connectivity index (χ3v) is 9.54. The Hall–Kier alpha value is -3.62. The summed E-state index contributed by atoms with van der Waals surface area (Å²) in [6.07, 6.45) is 4.41. The van der Waals surface area contributed by atoms with Crippen LogP contribution in [0.15, 0.2) is 54.0 Å². The van der Waals surface area contributed by atoms with Gasteiger partial charge in [0.1, 0.15) is 5.52 Å². The average molecular weight is 568 g/mol. The molecule has 212 valence electrons. The molecule has 0 saturated carbocycles. The van der Waals surface area contributed by atoms with E-state index in [-0.39, 0.29) is 18.3 Å². The Morgan fingerprint density at radius 2 is 2.07 bits per heavy atom. The number of aryl methyl sites for hydroxylation is 2. The van der Waals surface area contributed by atoms with E-state index in [0.717, 1.165) is 60.2 Å². The molecule has 0 saturated heterocycles. The zero-order valence-electron chi connectivity index (χ0n) is 24.3. The van der Waals surface area contributed by atoms with E-state index in [9.17, 15) is 4.79 Å². The molecule has 7 nitrogen and oxygen atoms in total. The van der Waals surface area contributed by atoms with Crippen molar-refractivity contribution in [3.05, 3.63) is 87.6 Å². The van der Waals surface area contributed by atoms with Crippen LogP contribution in [0.3, 0.4) is 0 Å². The number of hydrogen-bond donors (Lipinski definition) is 0. The number of benzene rings is 2. The lowest BCUT2D eigenvalue weighted by molar-refractivity contribution is -0.143. The molecule has 0 spiro atoms. The van der Waals surface area contributed by atoms with Gasteiger partial charge in [0.2, 0.25) is 0 Å². The number of nitrogens with zero attached hydrogens (tertiary/aromatic N) is 5. The fourth-order valence-corrected chi connectivity index (χ4v) is 7.26. The van der Waals surface area contributed by atoms with Crippen LogP contribution in [-0.2, 0) is 36.1 Å². The van der Waals surface area contributed by atoms with Crippen LogP contribution in [0.4, 0.5) is 0 Å². The molecule has 3 aromatic heterocycles. The van der Waals surface area contributed by atoms with Gasteiger partial charge in [0, 0.05) is 43.5 Å². The summed E-state index contributed by atoms with van der Waals surface area (Å²) in [7, 11) is 1.90. The molecule has 4 heterocycles. The lowest BCUT2D eigenvalue weighted by atomic mass is 9.84. The van der Waals surface area contributed by atoms with Crippen molar-refractivity contribution in [3.8, 4) is 0 Å². The van der Waals surface area contributed by atoms with Crippen LogP contribution >= 0.6 is 11.3 Å². The van der Waals surface area contributed by atoms with Crippen LogP contribution in [0.25, 0.3) is 21.1 Å². The van der Waals surface area contributed by atoms with Gasteiger partial charge in [0.15, 0.2) is 0 Å². The van der Waals surface area contributed by atoms with E-state index in [2.05, 4.69) is 76.9 Å². The molecule has 0 N–H and O–H groups in total. The number of hydrogen-bond acceptors (Lipinski definition) is 7. The van der Waals surface area contributed by atoms with Crippen LogP contribution < -0.4 is 0 Å². The predicted octanol–water partition coefficient (Wildman–Crippen LogP) is 6.56. The summed E-state index contributed by atoms with van der Waals surface area (Å²) < 4.78 is 8.56. The molecule has 1 aliphatic rings. The topological polar surface area (TPSA) is 73.1 Å². The standard InChI is InChI=1S/C33H37N5O2S/c1-5-22-14-23-8-7-12-34-29(23)20-38(18-22)19-26-16-25(15-24-11-13-41-33(24)26)28(17-31(39)40-6-2)27-9-10-30-32(21(27)3)35-36-37(30)4/h7-13,15-16,22,28H,5-6,14,17-20H2,1-4H3/t22-,28?/m0/s1. The third kappa shape index (κ3) is 5.51. The summed E-state index contributed by atoms with van der Waals surface area (Å²) in [5, 5.41) is 12.1. The van der Waals surface area contributed by atoms with Crippen LogP contribution in [0.5, 0.6) is 0 Å². The van der Waals surface area contributed by atoms with Gasteiger partial charge >= 0.3 is 5.97 Å². The Bertz CT molecular complexity index is 1710. The van der Waals surface area contributed by atoms with Crippen LogP contribution in [0.2, 0.25) is 0 Å². The second-order valence-electron chi connectivity index (χ2n) is 11.2. The minimum Gasteiger partial charge on any atom is -0.466 e. The predicted molar refractivity (Wildman–Crippen MR) is 164 cm³/mol. The fraction of sp³-hybridized carbons (Fsp3) is 0.394. The Morgan fingerprint density at radius 1 is 1.20 bits per heavy atom. The molecule has 0 bridgehead atoms. The number of thiophene rings is 1. The lowest BCUT2D eigenvalue weighted by Crippen LogP contribution is -2.27. The van der Waals surface area contributed by atoms with Crippen LogP contribution in [0.1, 0.15) is 66.1 Å². The molecular weight excluding hydrogens is 530 g/mol. The number of pyridine rings is 1. The number of esters is 1. The smallest absolute Gasteiger partial charge is 0.306 e. The first-order chi connectivity index (χ1) is 19.9. The molecule has 0 radical (unpaired) electrons. The average Bonchev–Trinajstić information content (AvgIpc) is 3.55. The van der Waals surface area contributed by atoms with Gasteiger partial charge in [-0.1, -0.05) is 36.8 Å². The van der Waals surface area contributed by atoms with Crippen molar-refractivity contribution in [1.29, 1.82) is 0 Å². The van der Waals surface area contributed by atoms with Crippen molar-refractivity contribution in [3.63, 3.8) is 0 Å². The van der Waals surface area contributed by atoms with Crippen molar-refractivity contribution in [1.82, 2.24) is 24.9 Å². The van der Waals surface area contributed by atoms with E-state index in [1.54, 1.807) is 16.0 Å². The lowest BCUT2D eigenvalue weighted by Gasteiger charge is -2.25. The van der Waals surface area contributed by atoms with Crippen LogP contribution in [-0.4, -0.2) is 44.0 Å². The number of carbonyl (C=O) groups is 1. The van der Waals surface area contributed by atoms with Gasteiger partial charge < -0.3 is 4.74 Å². The van der Waals surface area contributed by atoms with Gasteiger partial charge in [-0.15, -0.1) is 16.4 Å². The van der Waals surface area contributed by atoms with Gasteiger partial charge in [-0.3, -0.25) is 14.7 Å². The molecule has 0 fully saturated rings. The maximum absolute atomic E-state index is 13.0. The number of rotatable bonds is 8. The van der Waals surface area contributed by atoms with Crippen molar-refractivity contribution in [2.24, 2.45) is 13.0 Å². The van der Waals surface area contributed by atoms with E-state index in [1.807, 2.05) is 20.2 Å². The molecule has 0 aliphatic carbocycles. The highest BCUT2D eigenvalue weighted by Gasteiger charge is 2.26. The maximum atomic E-state index is 13.0. The summed E-state index contributed by atoms with van der Waals surface area (Å²) in [4.78, 5) is 20.3. The van der Waals surface area contributed by atoms with Crippen molar-refractivity contribution in [2.75, 3.05) is 13.2 Å². The molecular formula is C33H37N5O2S. The molecule has 2 atom stereocenters. The Labute approximate surface area is 245 Å². The largest absolute Gasteiger partial charge is 0.466 e. The van der Waals surface area contributed by atoms with Crippen molar-refractivity contribution < 1.29 is 9.53 Å². The van der Waals surface area contributed by atoms with Crippen molar-refractivity contribution >= 4 is 38.4 Å². The molecule has 5 aromatic rings. The highest BCUT2D eigenvalue weighted by molar-refractivity contribution is 7.17. The van der Waals surface area contributed by atoms with E-state index in [4.69, 9.17) is 9.72 Å². The zero-order valence-corrected chi connectivity index (χ0v) is 25.1. The molecule has 1 unspecified atom stereocenters. The Balaban J connectivity index is 1.42. The first-order valence-corrected chi connectivity index (χ1v) is 15.4. The first-order valence-electron chi connectivity index (χ1n) is 14.5. The Kier molecular flexibility index (Phi) is 7.86. The van der Waals surface area contributed by atoms with Gasteiger partial charge in [-0.25, -0.2) is 4.68 Å². The highest BCUT2D eigenvalue weighted by Crippen LogP contribution is 2.38. The van der Waals surface area contributed by atoms with Gasteiger partial charge in [0.05, 0.1) is 24.2 Å². The molecule has 0 amide bonds. The summed E-state index contributed by atoms with van der Waals surface area (Å²) in [5.41, 5.74) is 8.99. The quantitative estimate of drug-likeness (QED) is 0.198. The number of carbonyl (C=O) groups excluding carboxylic acids is 1. The van der Waals surface area contributed by atoms with Crippen molar-refractivity contribution in [2.45, 2.75) is 59.0 Å². The number of aromatic nitrogens is 4. The zero-order chi connectivity index (χ0) is 28.5. The normalized spacial score (nSPS) is 16.5. The van der Waals surface area contributed by atoms with E-state index in [0.29, 0.717) is 12.5 Å². The monoisotopic (exact) mass is 567 g/mol. The van der Waals surface area contributed by atoms with E-state index < -0.39 is 0 Å². The molecule has 1 aliphatic heterocycles. The van der Waals surface area contributed by atoms with E-state index >= 15 is 0 Å². The minimum absolute atomic E-state index is 0.154. The second-order valence-corrected chi connectivity index (χ2v) is 12.1. The summed E-state index contributed by atoms with van der Waals surface area (Å²) in [5.74, 6) is 0.253. The SMILES string of the molecule is CCOC(=O)CC(c1cc(CN2Cc3ncccc3C[C@H](CC)C2)c2sccc2c1)c1ccc2c(nnn2C)c1C. The molecule has 2 aromatic carbocycles. The molecule has 41 heavy (non-hydrogen) atoms. The van der Waals surface area contributed by atoms with E-state index in [1.165, 1.54) is 26.9 Å². The first kappa shape index (κ1) is 27.5. The highest BCUT2D eigenvalue weighted by atomic mass is 32.1. The fourth-order valence-electron chi connectivity index (χ4n) is 6.37. The van der Waals surface area contributed by atoms with Gasteiger partial charge in [-0.2, -0.15) is 0 Å².